The number of piperazine rings is 1. The third-order valence-electron chi connectivity index (χ3n) is 5.21. The first-order chi connectivity index (χ1) is 15.4. The highest BCUT2D eigenvalue weighted by Crippen LogP contribution is 2.23. The molecule has 0 unspecified atom stereocenters. The van der Waals surface area contributed by atoms with E-state index < -0.39 is 16.0 Å². The highest BCUT2D eigenvalue weighted by atomic mass is 32.2. The maximum Gasteiger partial charge on any atom is 0.339 e. The van der Waals surface area contributed by atoms with Crippen molar-refractivity contribution in [3.05, 3.63) is 65.7 Å². The van der Waals surface area contributed by atoms with Crippen LogP contribution in [0.3, 0.4) is 0 Å². The second-order valence-electron chi connectivity index (χ2n) is 7.15. The summed E-state index contributed by atoms with van der Waals surface area (Å²) in [5.74, 6) is -0.492. The smallest absolute Gasteiger partial charge is 0.339 e. The standard InChI is InChI=1S/C20H21FN6O4S/c1-31-20(28)17-4-2-3-5-18(17)32(29,30)26-12-10-25(11-13-26)14-19-22-23-24-27(19)16-8-6-15(21)7-9-16/h2-9H,10-14H2,1H3. The van der Waals surface area contributed by atoms with Gasteiger partial charge in [-0.15, -0.1) is 5.10 Å². The summed E-state index contributed by atoms with van der Waals surface area (Å²) in [5, 5.41) is 11.7. The van der Waals surface area contributed by atoms with Gasteiger partial charge in [-0.3, -0.25) is 4.90 Å². The lowest BCUT2D eigenvalue weighted by Crippen LogP contribution is -2.48. The van der Waals surface area contributed by atoms with E-state index in [1.165, 1.54) is 40.4 Å². The molecule has 0 amide bonds. The zero-order valence-corrected chi connectivity index (χ0v) is 18.1. The van der Waals surface area contributed by atoms with E-state index in [0.717, 1.165) is 0 Å². The van der Waals surface area contributed by atoms with Crippen molar-refractivity contribution in [1.29, 1.82) is 0 Å². The second kappa shape index (κ2) is 9.10. The Morgan fingerprint density at radius 3 is 2.44 bits per heavy atom. The van der Waals surface area contributed by atoms with Crippen LogP contribution in [0.1, 0.15) is 16.2 Å². The first-order valence-electron chi connectivity index (χ1n) is 9.83. The molecule has 0 aliphatic carbocycles. The van der Waals surface area contributed by atoms with Crippen LogP contribution in [0.4, 0.5) is 4.39 Å². The minimum Gasteiger partial charge on any atom is -0.465 e. The molecule has 2 aromatic carbocycles. The molecule has 1 aliphatic rings. The predicted molar refractivity (Wildman–Crippen MR) is 111 cm³/mol. The number of tetrazole rings is 1. The number of benzene rings is 2. The molecule has 0 radical (unpaired) electrons. The SMILES string of the molecule is COC(=O)c1ccccc1S(=O)(=O)N1CCN(Cc2nnnn2-c2ccc(F)cc2)CC1. The highest BCUT2D eigenvalue weighted by molar-refractivity contribution is 7.89. The maximum atomic E-state index is 13.2. The molecule has 3 aromatic rings. The number of nitrogens with zero attached hydrogens (tertiary/aromatic N) is 6. The highest BCUT2D eigenvalue weighted by Gasteiger charge is 2.32. The van der Waals surface area contributed by atoms with Gasteiger partial charge in [0.25, 0.3) is 0 Å². The molecular weight excluding hydrogens is 439 g/mol. The Balaban J connectivity index is 1.45. The summed E-state index contributed by atoms with van der Waals surface area (Å²) < 4.78 is 47.1. The van der Waals surface area contributed by atoms with Crippen LogP contribution in [0.15, 0.2) is 53.4 Å². The fourth-order valence-corrected chi connectivity index (χ4v) is 5.13. The van der Waals surface area contributed by atoms with Crippen LogP contribution in [0.25, 0.3) is 5.69 Å². The van der Waals surface area contributed by atoms with Crippen molar-refractivity contribution in [2.45, 2.75) is 11.4 Å². The number of sulfonamides is 1. The Morgan fingerprint density at radius 1 is 1.06 bits per heavy atom. The molecule has 1 aromatic heterocycles. The van der Waals surface area contributed by atoms with E-state index in [9.17, 15) is 17.6 Å². The average Bonchev–Trinajstić information content (AvgIpc) is 3.27. The third kappa shape index (κ3) is 4.38. The number of rotatable bonds is 6. The largest absolute Gasteiger partial charge is 0.465 e. The van der Waals surface area contributed by atoms with E-state index in [-0.39, 0.29) is 29.4 Å². The van der Waals surface area contributed by atoms with Gasteiger partial charge >= 0.3 is 5.97 Å². The summed E-state index contributed by atoms with van der Waals surface area (Å²) in [6.45, 7) is 1.80. The van der Waals surface area contributed by atoms with Gasteiger partial charge in [0, 0.05) is 26.2 Å². The van der Waals surface area contributed by atoms with Crippen molar-refractivity contribution < 1.29 is 22.3 Å². The van der Waals surface area contributed by atoms with Crippen molar-refractivity contribution in [3.8, 4) is 5.69 Å². The first kappa shape index (κ1) is 22.0. The number of carbonyl (C=O) groups is 1. The van der Waals surface area contributed by atoms with Gasteiger partial charge in [-0.2, -0.15) is 8.99 Å². The van der Waals surface area contributed by atoms with Gasteiger partial charge in [-0.1, -0.05) is 12.1 Å². The molecule has 1 saturated heterocycles. The number of carbonyl (C=O) groups excluding carboxylic acids is 1. The average molecular weight is 460 g/mol. The molecule has 4 rings (SSSR count). The molecule has 168 valence electrons. The Kier molecular flexibility index (Phi) is 6.26. The van der Waals surface area contributed by atoms with Crippen LogP contribution in [0, 0.1) is 5.82 Å². The van der Waals surface area contributed by atoms with Gasteiger partial charge in [0.05, 0.1) is 29.8 Å². The van der Waals surface area contributed by atoms with Gasteiger partial charge in [0.2, 0.25) is 10.0 Å². The summed E-state index contributed by atoms with van der Waals surface area (Å²) in [7, 11) is -2.65. The summed E-state index contributed by atoms with van der Waals surface area (Å²) in [4.78, 5) is 14.0. The Morgan fingerprint density at radius 2 is 1.75 bits per heavy atom. The molecule has 12 heteroatoms. The van der Waals surface area contributed by atoms with E-state index in [2.05, 4.69) is 15.5 Å². The van der Waals surface area contributed by atoms with Crippen LogP contribution in [0.2, 0.25) is 0 Å². The number of methoxy groups -OCH3 is 1. The first-order valence-corrected chi connectivity index (χ1v) is 11.3. The number of aromatic nitrogens is 4. The monoisotopic (exact) mass is 460 g/mol. The molecule has 32 heavy (non-hydrogen) atoms. The van der Waals surface area contributed by atoms with Crippen LogP contribution < -0.4 is 0 Å². The Bertz CT molecular complexity index is 1210. The van der Waals surface area contributed by atoms with Gasteiger partial charge in [0.1, 0.15) is 5.82 Å². The number of ether oxygens (including phenoxy) is 1. The molecular formula is C20H21FN6O4S. The number of hydrogen-bond donors (Lipinski definition) is 0. The van der Waals surface area contributed by atoms with Crippen LogP contribution >= 0.6 is 0 Å². The summed E-state index contributed by atoms with van der Waals surface area (Å²) in [5.41, 5.74) is 0.642. The van der Waals surface area contributed by atoms with E-state index in [4.69, 9.17) is 4.74 Å². The lowest BCUT2D eigenvalue weighted by molar-refractivity contribution is 0.0596. The van der Waals surface area contributed by atoms with E-state index in [1.807, 2.05) is 4.90 Å². The molecule has 1 aliphatic heterocycles. The predicted octanol–water partition coefficient (Wildman–Crippen LogP) is 1.09. The Labute approximate surface area is 184 Å². The van der Waals surface area contributed by atoms with Crippen molar-refractivity contribution >= 4 is 16.0 Å². The fourth-order valence-electron chi connectivity index (χ4n) is 3.52. The minimum absolute atomic E-state index is 0.0101. The molecule has 2 heterocycles. The van der Waals surface area contributed by atoms with Gasteiger partial charge in [0.15, 0.2) is 5.82 Å². The van der Waals surface area contributed by atoms with Crippen molar-refractivity contribution in [2.75, 3.05) is 33.3 Å². The summed E-state index contributed by atoms with van der Waals surface area (Å²) in [6, 6.07) is 11.8. The van der Waals surface area contributed by atoms with E-state index in [1.54, 1.807) is 24.3 Å². The van der Waals surface area contributed by atoms with Crippen LogP contribution in [-0.4, -0.2) is 77.1 Å². The molecule has 0 saturated carbocycles. The van der Waals surface area contributed by atoms with Crippen molar-refractivity contribution in [1.82, 2.24) is 29.4 Å². The van der Waals surface area contributed by atoms with Crippen molar-refractivity contribution in [2.24, 2.45) is 0 Å². The van der Waals surface area contributed by atoms with Gasteiger partial charge in [-0.25, -0.2) is 17.6 Å². The third-order valence-corrected chi connectivity index (χ3v) is 7.17. The van der Waals surface area contributed by atoms with Crippen LogP contribution in [-0.2, 0) is 21.3 Å². The van der Waals surface area contributed by atoms with E-state index >= 15 is 0 Å². The molecule has 0 N–H and O–H groups in total. The maximum absolute atomic E-state index is 13.2. The topological polar surface area (TPSA) is 111 Å². The van der Waals surface area contributed by atoms with Gasteiger partial charge in [-0.05, 0) is 46.8 Å². The van der Waals surface area contributed by atoms with Crippen LogP contribution in [0.5, 0.6) is 0 Å². The lowest BCUT2D eigenvalue weighted by atomic mass is 10.2. The number of esters is 1. The fraction of sp³-hybridized carbons (Fsp3) is 0.300. The number of halogens is 1. The normalized spacial score (nSPS) is 15.6. The summed E-state index contributed by atoms with van der Waals surface area (Å²) >= 11 is 0. The van der Waals surface area contributed by atoms with Gasteiger partial charge < -0.3 is 4.74 Å². The zero-order chi connectivity index (χ0) is 22.7. The second-order valence-corrected chi connectivity index (χ2v) is 9.06. The Hall–Kier alpha value is -3.22. The molecule has 1 fully saturated rings. The number of hydrogen-bond acceptors (Lipinski definition) is 8. The molecule has 0 bridgehead atoms. The van der Waals surface area contributed by atoms with E-state index in [0.29, 0.717) is 31.1 Å². The lowest BCUT2D eigenvalue weighted by Gasteiger charge is -2.33. The summed E-state index contributed by atoms with van der Waals surface area (Å²) in [6.07, 6.45) is 0. The molecule has 0 spiro atoms. The zero-order valence-electron chi connectivity index (χ0n) is 17.3. The quantitative estimate of drug-likeness (QED) is 0.503. The molecule has 0 atom stereocenters. The molecule has 10 nitrogen and oxygen atoms in total. The van der Waals surface area contributed by atoms with Crippen molar-refractivity contribution in [3.63, 3.8) is 0 Å². The minimum atomic E-state index is -3.86.